The molecule has 38 heavy (non-hydrogen) atoms. The van der Waals surface area contributed by atoms with Gasteiger partial charge in [-0.25, -0.2) is 4.79 Å². The molecule has 2 aliphatic rings. The van der Waals surface area contributed by atoms with Crippen LogP contribution < -0.4 is 9.47 Å². The molecule has 0 atom stereocenters. The minimum absolute atomic E-state index is 0.0413. The summed E-state index contributed by atoms with van der Waals surface area (Å²) in [6.07, 6.45) is 1.52. The topological polar surface area (TPSA) is 119 Å². The second-order valence-corrected chi connectivity index (χ2v) is 8.55. The molecule has 2 aliphatic heterocycles. The van der Waals surface area contributed by atoms with Crippen molar-refractivity contribution in [3.8, 4) is 28.9 Å². The lowest BCUT2D eigenvalue weighted by atomic mass is 9.94. The Labute approximate surface area is 218 Å². The van der Waals surface area contributed by atoms with Crippen LogP contribution in [0.1, 0.15) is 35.5 Å². The Morgan fingerprint density at radius 2 is 1.82 bits per heavy atom. The van der Waals surface area contributed by atoms with Crippen molar-refractivity contribution < 1.29 is 33.0 Å². The van der Waals surface area contributed by atoms with Crippen molar-refractivity contribution in [1.82, 2.24) is 4.90 Å². The van der Waals surface area contributed by atoms with Crippen molar-refractivity contribution in [3.05, 3.63) is 88.2 Å². The van der Waals surface area contributed by atoms with Crippen LogP contribution in [0.5, 0.6) is 11.5 Å². The lowest BCUT2D eigenvalue weighted by Crippen LogP contribution is -2.42. The fourth-order valence-electron chi connectivity index (χ4n) is 4.21. The molecule has 0 radical (unpaired) electrons. The summed E-state index contributed by atoms with van der Waals surface area (Å²) in [7, 11) is 0. The maximum absolute atomic E-state index is 13.4. The van der Waals surface area contributed by atoms with E-state index in [9.17, 15) is 19.6 Å². The van der Waals surface area contributed by atoms with Crippen molar-refractivity contribution in [3.63, 3.8) is 0 Å². The highest BCUT2D eigenvalue weighted by Crippen LogP contribution is 2.34. The van der Waals surface area contributed by atoms with E-state index >= 15 is 0 Å². The summed E-state index contributed by atoms with van der Waals surface area (Å²) in [6.45, 7) is 3.66. The maximum atomic E-state index is 13.4. The van der Waals surface area contributed by atoms with Gasteiger partial charge in [-0.3, -0.25) is 14.5 Å². The molecule has 0 unspecified atom stereocenters. The van der Waals surface area contributed by atoms with E-state index < -0.39 is 17.8 Å². The number of hydrogen-bond acceptors (Lipinski definition) is 8. The summed E-state index contributed by atoms with van der Waals surface area (Å²) < 4.78 is 21.6. The van der Waals surface area contributed by atoms with Crippen LogP contribution in [0.2, 0.25) is 0 Å². The van der Waals surface area contributed by atoms with Crippen LogP contribution in [-0.2, 0) is 20.9 Å². The van der Waals surface area contributed by atoms with Crippen LogP contribution in [0.3, 0.4) is 0 Å². The third kappa shape index (κ3) is 4.55. The molecule has 0 saturated carbocycles. The maximum Gasteiger partial charge on any atom is 0.338 e. The molecule has 0 bridgehead atoms. The van der Waals surface area contributed by atoms with Crippen molar-refractivity contribution in [2.75, 3.05) is 13.4 Å². The van der Waals surface area contributed by atoms with Crippen molar-refractivity contribution in [2.45, 2.75) is 20.4 Å². The minimum atomic E-state index is -0.661. The summed E-state index contributed by atoms with van der Waals surface area (Å²) in [6, 6.07) is 17.3. The Hall–Kier alpha value is -5.10. The van der Waals surface area contributed by atoms with E-state index in [1.165, 1.54) is 6.08 Å². The first-order valence-corrected chi connectivity index (χ1v) is 11.8. The first-order chi connectivity index (χ1) is 18.4. The summed E-state index contributed by atoms with van der Waals surface area (Å²) in [5, 5.41) is 9.67. The molecule has 0 saturated heterocycles. The lowest BCUT2D eigenvalue weighted by Gasteiger charge is -2.27. The molecular formula is C29H22N2O7. The molecule has 3 aromatic rings. The Morgan fingerprint density at radius 3 is 2.55 bits per heavy atom. The van der Waals surface area contributed by atoms with E-state index in [1.807, 2.05) is 6.07 Å². The molecule has 0 spiro atoms. The first-order valence-electron chi connectivity index (χ1n) is 11.8. The van der Waals surface area contributed by atoms with E-state index in [-0.39, 0.29) is 36.7 Å². The van der Waals surface area contributed by atoms with Gasteiger partial charge in [-0.15, -0.1) is 0 Å². The van der Waals surface area contributed by atoms with Gasteiger partial charge < -0.3 is 18.6 Å². The average molecular weight is 511 g/mol. The van der Waals surface area contributed by atoms with Crippen LogP contribution >= 0.6 is 0 Å². The highest BCUT2D eigenvalue weighted by molar-refractivity contribution is 6.19. The van der Waals surface area contributed by atoms with Gasteiger partial charge in [-0.05, 0) is 67.5 Å². The SMILES string of the molecule is CCOC(=O)c1ccc(-c2ccc(/C=C3/C(=O)N(Cc4ccc5c(c4)OCO5)C(=O)C(C#N)=C3C)o2)cc1. The van der Waals surface area contributed by atoms with Gasteiger partial charge in [0.25, 0.3) is 11.8 Å². The lowest BCUT2D eigenvalue weighted by molar-refractivity contribution is -0.141. The van der Waals surface area contributed by atoms with Crippen LogP contribution in [0.25, 0.3) is 17.4 Å². The number of carbonyl (C=O) groups excluding carboxylic acids is 3. The molecule has 2 amide bonds. The second kappa shape index (κ2) is 10.1. The summed E-state index contributed by atoms with van der Waals surface area (Å²) >= 11 is 0. The van der Waals surface area contributed by atoms with E-state index in [2.05, 4.69) is 0 Å². The Bertz CT molecular complexity index is 1550. The van der Waals surface area contributed by atoms with Gasteiger partial charge in [0, 0.05) is 11.1 Å². The Morgan fingerprint density at radius 1 is 1.05 bits per heavy atom. The van der Waals surface area contributed by atoms with Crippen LogP contribution in [0.15, 0.2) is 75.7 Å². The molecule has 0 N–H and O–H groups in total. The van der Waals surface area contributed by atoms with Gasteiger partial charge >= 0.3 is 5.97 Å². The highest BCUT2D eigenvalue weighted by Gasteiger charge is 2.36. The monoisotopic (exact) mass is 510 g/mol. The van der Waals surface area contributed by atoms with Gasteiger partial charge in [0.1, 0.15) is 23.2 Å². The minimum Gasteiger partial charge on any atom is -0.462 e. The van der Waals surface area contributed by atoms with Gasteiger partial charge in [0.05, 0.1) is 18.7 Å². The number of nitrogens with zero attached hydrogens (tertiary/aromatic N) is 2. The summed E-state index contributed by atoms with van der Waals surface area (Å²) in [5.41, 5.74) is 2.15. The molecule has 5 rings (SSSR count). The predicted molar refractivity (Wildman–Crippen MR) is 135 cm³/mol. The number of imide groups is 1. The van der Waals surface area contributed by atoms with Crippen LogP contribution in [0, 0.1) is 11.3 Å². The Kier molecular flexibility index (Phi) is 6.54. The third-order valence-corrected chi connectivity index (χ3v) is 6.20. The fraction of sp³-hybridized carbons (Fsp3) is 0.172. The molecule has 0 fully saturated rings. The van der Waals surface area contributed by atoms with Crippen LogP contribution in [-0.4, -0.2) is 36.1 Å². The van der Waals surface area contributed by atoms with E-state index in [0.717, 1.165) is 10.5 Å². The van der Waals surface area contributed by atoms with Gasteiger partial charge in [-0.1, -0.05) is 18.2 Å². The molecule has 2 aromatic carbocycles. The zero-order valence-corrected chi connectivity index (χ0v) is 20.6. The van der Waals surface area contributed by atoms with Crippen LogP contribution in [0.4, 0.5) is 0 Å². The van der Waals surface area contributed by atoms with Gasteiger partial charge in [-0.2, -0.15) is 5.26 Å². The van der Waals surface area contributed by atoms with Crippen molar-refractivity contribution >= 4 is 23.9 Å². The number of benzene rings is 2. The zero-order chi connectivity index (χ0) is 26.8. The third-order valence-electron chi connectivity index (χ3n) is 6.20. The van der Waals surface area contributed by atoms with E-state index in [0.29, 0.717) is 34.1 Å². The number of nitriles is 1. The number of ether oxygens (including phenoxy) is 3. The van der Waals surface area contributed by atoms with E-state index in [1.54, 1.807) is 68.4 Å². The predicted octanol–water partition coefficient (Wildman–Crippen LogP) is 4.64. The number of hydrogen-bond donors (Lipinski definition) is 0. The molecule has 9 heteroatoms. The molecule has 1 aromatic heterocycles. The smallest absolute Gasteiger partial charge is 0.338 e. The number of carbonyl (C=O) groups is 3. The second-order valence-electron chi connectivity index (χ2n) is 8.55. The van der Waals surface area contributed by atoms with Gasteiger partial charge in [0.2, 0.25) is 6.79 Å². The molecule has 190 valence electrons. The molecule has 9 nitrogen and oxygen atoms in total. The number of rotatable bonds is 6. The highest BCUT2D eigenvalue weighted by atomic mass is 16.7. The number of amides is 2. The summed E-state index contributed by atoms with van der Waals surface area (Å²) in [4.78, 5) is 39.4. The Balaban J connectivity index is 1.42. The van der Waals surface area contributed by atoms with Crippen molar-refractivity contribution in [1.29, 1.82) is 5.26 Å². The van der Waals surface area contributed by atoms with Gasteiger partial charge in [0.15, 0.2) is 11.5 Å². The standard InChI is InChI=1S/C29H22N2O7/c1-3-35-29(34)20-7-5-19(6-8-20)24-11-9-21(38-24)13-22-17(2)23(14-30)28(33)31(27(22)32)15-18-4-10-25-26(12-18)37-16-36-25/h4-13H,3,15-16H2,1-2H3/b22-13+. The largest absolute Gasteiger partial charge is 0.462 e. The fourth-order valence-corrected chi connectivity index (χ4v) is 4.21. The van der Waals surface area contributed by atoms with E-state index in [4.69, 9.17) is 18.6 Å². The molecular weight excluding hydrogens is 488 g/mol. The number of fused-ring (bicyclic) bond motifs is 1. The zero-order valence-electron chi connectivity index (χ0n) is 20.6. The molecule has 0 aliphatic carbocycles. The molecule has 3 heterocycles. The normalized spacial score (nSPS) is 15.7. The summed E-state index contributed by atoms with van der Waals surface area (Å²) in [5.74, 6) is 0.393. The average Bonchev–Trinajstić information content (AvgIpc) is 3.59. The number of esters is 1. The van der Waals surface area contributed by atoms with Crippen molar-refractivity contribution in [2.24, 2.45) is 0 Å². The number of furan rings is 1. The quantitative estimate of drug-likeness (QED) is 0.267. The first kappa shape index (κ1) is 24.6.